The summed E-state index contributed by atoms with van der Waals surface area (Å²) in [6.45, 7) is 9.79. The van der Waals surface area contributed by atoms with E-state index in [9.17, 15) is 0 Å². The Bertz CT molecular complexity index is 261. The van der Waals surface area contributed by atoms with Crippen molar-refractivity contribution in [2.24, 2.45) is 5.41 Å². The average molecular weight is 337 g/mol. The van der Waals surface area contributed by atoms with Crippen molar-refractivity contribution in [2.75, 3.05) is 13.3 Å². The molecule has 1 saturated carbocycles. The molecule has 0 aromatic rings. The summed E-state index contributed by atoms with van der Waals surface area (Å²) in [4.78, 5) is 0. The molecule has 4 atom stereocenters. The van der Waals surface area contributed by atoms with Crippen molar-refractivity contribution in [1.29, 1.82) is 0 Å². The van der Waals surface area contributed by atoms with Gasteiger partial charge in [0.15, 0.2) is 0 Å². The van der Waals surface area contributed by atoms with Gasteiger partial charge in [-0.05, 0) is 0 Å². The molecule has 113 valence electrons. The molecule has 19 heavy (non-hydrogen) atoms. The number of rotatable bonds is 7. The molecule has 0 aliphatic heterocycles. The first-order chi connectivity index (χ1) is 8.97. The van der Waals surface area contributed by atoms with Crippen LogP contribution in [0, 0.1) is 5.41 Å². The van der Waals surface area contributed by atoms with Gasteiger partial charge in [0.25, 0.3) is 0 Å². The Morgan fingerprint density at radius 3 is 2.00 bits per heavy atom. The third-order valence-electron chi connectivity index (χ3n) is 5.36. The van der Waals surface area contributed by atoms with E-state index in [1.54, 1.807) is 19.3 Å². The van der Waals surface area contributed by atoms with Gasteiger partial charge in [-0.15, -0.1) is 0 Å². The summed E-state index contributed by atoms with van der Waals surface area (Å²) in [6.07, 6.45) is 10.5. The predicted molar refractivity (Wildman–Crippen MR) is 92.8 cm³/mol. The van der Waals surface area contributed by atoms with Crippen molar-refractivity contribution in [1.82, 2.24) is 0 Å². The monoisotopic (exact) mass is 337 g/mol. The topological polar surface area (TPSA) is 0 Å². The van der Waals surface area contributed by atoms with E-state index in [1.807, 2.05) is 0 Å². The van der Waals surface area contributed by atoms with Gasteiger partial charge in [-0.1, -0.05) is 0 Å². The molecule has 0 aromatic carbocycles. The molecule has 1 rings (SSSR count). The molecule has 0 heterocycles. The summed E-state index contributed by atoms with van der Waals surface area (Å²) in [5.41, 5.74) is 1.78. The first-order valence-corrected chi connectivity index (χ1v) is 15.1. The summed E-state index contributed by atoms with van der Waals surface area (Å²) in [6, 6.07) is 0. The zero-order chi connectivity index (χ0) is 14.5. The quantitative estimate of drug-likeness (QED) is 0.386. The zero-order valence-corrected chi connectivity index (χ0v) is 17.6. The van der Waals surface area contributed by atoms with Gasteiger partial charge in [0.1, 0.15) is 0 Å². The van der Waals surface area contributed by atoms with Crippen LogP contribution in [-0.4, -0.2) is 22.4 Å². The maximum atomic E-state index is 2.65. The Labute approximate surface area is 132 Å². The van der Waals surface area contributed by atoms with Crippen LogP contribution < -0.4 is 0 Å². The van der Waals surface area contributed by atoms with Crippen molar-refractivity contribution in [3.05, 3.63) is 0 Å². The van der Waals surface area contributed by atoms with E-state index in [0.29, 0.717) is 0 Å². The average Bonchev–Trinajstić information content (AvgIpc) is 2.38. The Hall–Kier alpha value is 1.57. The first-order valence-electron chi connectivity index (χ1n) is 8.14. The summed E-state index contributed by atoms with van der Waals surface area (Å²) >= 11 is -0.839. The van der Waals surface area contributed by atoms with Crippen molar-refractivity contribution < 1.29 is 17.9 Å². The fourth-order valence-corrected chi connectivity index (χ4v) is 12.1. The molecule has 1 fully saturated rings. The van der Waals surface area contributed by atoms with E-state index in [-0.39, 0.29) is 0 Å². The van der Waals surface area contributed by atoms with Crippen LogP contribution in [0.2, 0.25) is 10.5 Å². The van der Waals surface area contributed by atoms with Crippen molar-refractivity contribution in [3.8, 4) is 0 Å². The van der Waals surface area contributed by atoms with Crippen LogP contribution in [0.4, 0.5) is 0 Å². The molecular weight excluding hydrogens is 302 g/mol. The van der Waals surface area contributed by atoms with E-state index >= 15 is 0 Å². The van der Waals surface area contributed by atoms with E-state index in [1.165, 1.54) is 42.8 Å². The van der Waals surface area contributed by atoms with Gasteiger partial charge in [-0.2, -0.15) is 0 Å². The SMILES string of the molecule is CCCC1(CCC)CC(PC)C[C](PC)([Ti]([CH3])[CH3])C1. The normalized spacial score (nSPS) is 31.6. The van der Waals surface area contributed by atoms with Gasteiger partial charge < -0.3 is 0 Å². The number of hydrogen-bond donors (Lipinski definition) is 0. The molecule has 1 aliphatic rings. The van der Waals surface area contributed by atoms with E-state index in [2.05, 4.69) is 37.6 Å². The fourth-order valence-electron chi connectivity index (χ4n) is 4.39. The summed E-state index contributed by atoms with van der Waals surface area (Å²) in [5, 5.41) is 5.31. The summed E-state index contributed by atoms with van der Waals surface area (Å²) < 4.78 is 0.830. The van der Waals surface area contributed by atoms with E-state index in [4.69, 9.17) is 0 Å². The molecule has 0 saturated heterocycles. The molecule has 0 bridgehead atoms. The molecule has 0 nitrogen and oxygen atoms in total. The Balaban J connectivity index is 3.03. The van der Waals surface area contributed by atoms with Crippen LogP contribution in [-0.2, 0) is 17.9 Å². The second-order valence-electron chi connectivity index (χ2n) is 6.90. The molecule has 0 amide bonds. The fraction of sp³-hybridized carbons (Fsp3) is 1.00. The molecule has 0 spiro atoms. The van der Waals surface area contributed by atoms with Crippen LogP contribution in [0.15, 0.2) is 0 Å². The van der Waals surface area contributed by atoms with Gasteiger partial charge in [0.05, 0.1) is 0 Å². The van der Waals surface area contributed by atoms with Gasteiger partial charge in [0.2, 0.25) is 0 Å². The second-order valence-corrected chi connectivity index (χ2v) is 15.2. The van der Waals surface area contributed by atoms with Crippen LogP contribution in [0.1, 0.15) is 58.8 Å². The van der Waals surface area contributed by atoms with Crippen molar-refractivity contribution in [3.63, 3.8) is 0 Å². The molecule has 0 N–H and O–H groups in total. The molecule has 0 radical (unpaired) electrons. The third kappa shape index (κ3) is 4.52. The summed E-state index contributed by atoms with van der Waals surface area (Å²) in [5.74, 6) is 0. The van der Waals surface area contributed by atoms with Gasteiger partial charge in [-0.3, -0.25) is 0 Å². The maximum absolute atomic E-state index is 2.65. The molecular formula is C16H35P2Ti. The van der Waals surface area contributed by atoms with Crippen LogP contribution in [0.5, 0.6) is 0 Å². The minimum atomic E-state index is -0.839. The van der Waals surface area contributed by atoms with Crippen molar-refractivity contribution in [2.45, 2.75) is 78.4 Å². The molecule has 4 unspecified atom stereocenters. The van der Waals surface area contributed by atoms with Crippen LogP contribution >= 0.6 is 17.2 Å². The third-order valence-corrected chi connectivity index (χ3v) is 14.7. The molecule has 0 aromatic heterocycles. The van der Waals surface area contributed by atoms with Gasteiger partial charge in [-0.25, -0.2) is 0 Å². The first kappa shape index (κ1) is 18.6. The molecule has 1 aliphatic carbocycles. The van der Waals surface area contributed by atoms with Crippen LogP contribution in [0.25, 0.3) is 0 Å². The zero-order valence-electron chi connectivity index (χ0n) is 14.0. The second kappa shape index (κ2) is 8.27. The van der Waals surface area contributed by atoms with Gasteiger partial charge in [0, 0.05) is 0 Å². The Morgan fingerprint density at radius 2 is 1.63 bits per heavy atom. The van der Waals surface area contributed by atoms with Crippen LogP contribution in [0.3, 0.4) is 0 Å². The standard InChI is InChI=1S/C14H29P2.2CH3.Ti/c1-5-7-14(8-6-2)10-12(15-3)9-13(11-14)16-4;;;/h12,15-16H,5-11H2,1-4H3;2*1H3;. The summed E-state index contributed by atoms with van der Waals surface area (Å²) in [7, 11) is 2.38. The van der Waals surface area contributed by atoms with Gasteiger partial charge >= 0.3 is 132 Å². The predicted octanol–water partition coefficient (Wildman–Crippen LogP) is 6.15. The van der Waals surface area contributed by atoms with E-state index in [0.717, 1.165) is 14.5 Å². The Kier molecular flexibility index (Phi) is 8.11. The molecule has 3 heteroatoms. The van der Waals surface area contributed by atoms with E-state index < -0.39 is 17.9 Å². The Morgan fingerprint density at radius 1 is 1.05 bits per heavy atom. The number of hydrogen-bond acceptors (Lipinski definition) is 0. The van der Waals surface area contributed by atoms with Crippen molar-refractivity contribution >= 4 is 17.2 Å². The minimum absolute atomic E-state index is 0.725.